The number of halogens is 3. The fourth-order valence-electron chi connectivity index (χ4n) is 2.62. The lowest BCUT2D eigenvalue weighted by atomic mass is 10.2. The molecule has 0 fully saturated rings. The Bertz CT molecular complexity index is 1040. The second-order valence-corrected chi connectivity index (χ2v) is 8.49. The van der Waals surface area contributed by atoms with Gasteiger partial charge in [0.2, 0.25) is 0 Å². The van der Waals surface area contributed by atoms with E-state index < -0.39 is 31.6 Å². The highest BCUT2D eigenvalue weighted by Gasteiger charge is 2.31. The first-order valence-electron chi connectivity index (χ1n) is 10.5. The van der Waals surface area contributed by atoms with Crippen LogP contribution in [0, 0.1) is 0 Å². The molecular formula is C23H26F3O8P. The van der Waals surface area contributed by atoms with Crippen LogP contribution in [0.5, 0.6) is 17.2 Å². The Labute approximate surface area is 201 Å². The molecule has 0 amide bonds. The van der Waals surface area contributed by atoms with Crippen LogP contribution in [-0.4, -0.2) is 32.4 Å². The Balaban J connectivity index is 2.12. The molecule has 0 aliphatic heterocycles. The number of carbonyl (C=O) groups is 1. The molecule has 0 saturated heterocycles. The van der Waals surface area contributed by atoms with Gasteiger partial charge >= 0.3 is 20.0 Å². The standard InChI is InChI=1S/C23H26F3O8P/c1-5-30-22(27)15-21(34-35(28,29-4)31-6-2)16(3)32-18-11-13-20(14-12-18)33-19-9-7-17(8-10-19)23(24,25)26/h7-16H,5-6H2,1-4H3. The first-order valence-corrected chi connectivity index (χ1v) is 12.0. The quantitative estimate of drug-likeness (QED) is 0.136. The summed E-state index contributed by atoms with van der Waals surface area (Å²) in [6, 6.07) is 10.4. The van der Waals surface area contributed by atoms with Crippen LogP contribution in [0.1, 0.15) is 26.3 Å². The number of esters is 1. The number of phosphoric acid groups is 1. The minimum atomic E-state index is -4.43. The van der Waals surface area contributed by atoms with Gasteiger partial charge < -0.3 is 18.7 Å². The van der Waals surface area contributed by atoms with Crippen molar-refractivity contribution in [3.05, 3.63) is 65.9 Å². The van der Waals surface area contributed by atoms with Crippen molar-refractivity contribution >= 4 is 13.8 Å². The highest BCUT2D eigenvalue weighted by molar-refractivity contribution is 7.48. The molecule has 0 bridgehead atoms. The summed E-state index contributed by atoms with van der Waals surface area (Å²) in [5.74, 6) is 0.0201. The summed E-state index contributed by atoms with van der Waals surface area (Å²) >= 11 is 0. The first kappa shape index (κ1) is 28.2. The van der Waals surface area contributed by atoms with Crippen molar-refractivity contribution in [2.24, 2.45) is 0 Å². The predicted molar refractivity (Wildman–Crippen MR) is 120 cm³/mol. The molecule has 2 atom stereocenters. The molecule has 2 rings (SSSR count). The van der Waals surface area contributed by atoms with Gasteiger partial charge in [0.05, 0.1) is 24.9 Å². The average molecular weight is 518 g/mol. The third kappa shape index (κ3) is 8.93. The fourth-order valence-corrected chi connectivity index (χ4v) is 3.63. The highest BCUT2D eigenvalue weighted by atomic mass is 31.2. The third-order valence-corrected chi connectivity index (χ3v) is 5.69. The molecular weight excluding hydrogens is 492 g/mol. The van der Waals surface area contributed by atoms with Crippen LogP contribution in [0.3, 0.4) is 0 Å². The number of ether oxygens (including phenoxy) is 3. The van der Waals surface area contributed by atoms with Gasteiger partial charge in [0.1, 0.15) is 17.2 Å². The largest absolute Gasteiger partial charge is 0.529 e. The Hall–Kier alpha value is -3.01. The summed E-state index contributed by atoms with van der Waals surface area (Å²) in [4.78, 5) is 12.0. The average Bonchev–Trinajstić information content (AvgIpc) is 2.80. The van der Waals surface area contributed by atoms with Gasteiger partial charge in [-0.15, -0.1) is 0 Å². The predicted octanol–water partition coefficient (Wildman–Crippen LogP) is 6.52. The van der Waals surface area contributed by atoms with Gasteiger partial charge in [-0.2, -0.15) is 13.2 Å². The van der Waals surface area contributed by atoms with Gasteiger partial charge in [-0.05, 0) is 69.3 Å². The van der Waals surface area contributed by atoms with Crippen molar-refractivity contribution in [3.63, 3.8) is 0 Å². The molecule has 0 heterocycles. The van der Waals surface area contributed by atoms with Crippen LogP contribution < -0.4 is 9.47 Å². The number of benzene rings is 2. The Morgan fingerprint density at radius 3 is 2.00 bits per heavy atom. The van der Waals surface area contributed by atoms with E-state index in [-0.39, 0.29) is 24.7 Å². The molecule has 0 saturated carbocycles. The molecule has 12 heteroatoms. The molecule has 2 unspecified atom stereocenters. The molecule has 0 aliphatic carbocycles. The number of carbonyl (C=O) groups excluding carboxylic acids is 1. The first-order chi connectivity index (χ1) is 16.5. The van der Waals surface area contributed by atoms with Gasteiger partial charge in [0.15, 0.2) is 11.9 Å². The summed E-state index contributed by atoms with van der Waals surface area (Å²) in [6.45, 7) is 4.92. The zero-order valence-electron chi connectivity index (χ0n) is 19.5. The number of rotatable bonds is 12. The van der Waals surface area contributed by atoms with Gasteiger partial charge in [-0.1, -0.05) is 0 Å². The second kappa shape index (κ2) is 12.6. The van der Waals surface area contributed by atoms with Gasteiger partial charge in [-0.25, -0.2) is 9.36 Å². The molecule has 35 heavy (non-hydrogen) atoms. The van der Waals surface area contributed by atoms with E-state index in [0.717, 1.165) is 25.3 Å². The van der Waals surface area contributed by atoms with Gasteiger partial charge in [-0.3, -0.25) is 9.05 Å². The number of alkyl halides is 3. The maximum absolute atomic E-state index is 12.7. The minimum absolute atomic E-state index is 0.0352. The van der Waals surface area contributed by atoms with E-state index in [9.17, 15) is 22.5 Å². The zero-order chi connectivity index (χ0) is 26.1. The molecule has 192 valence electrons. The fraction of sp³-hybridized carbons (Fsp3) is 0.348. The van der Waals surface area contributed by atoms with E-state index in [1.54, 1.807) is 20.8 Å². The molecule has 8 nitrogen and oxygen atoms in total. The van der Waals surface area contributed by atoms with E-state index in [2.05, 4.69) is 0 Å². The number of hydrogen-bond acceptors (Lipinski definition) is 8. The van der Waals surface area contributed by atoms with Gasteiger partial charge in [0.25, 0.3) is 0 Å². The summed E-state index contributed by atoms with van der Waals surface area (Å²) in [7, 11) is -2.86. The molecule has 0 spiro atoms. The smallest absolute Gasteiger partial charge is 0.483 e. The van der Waals surface area contributed by atoms with Crippen LogP contribution in [0.4, 0.5) is 13.2 Å². The lowest BCUT2D eigenvalue weighted by molar-refractivity contribution is -0.138. The van der Waals surface area contributed by atoms with Crippen LogP contribution in [-0.2, 0) is 33.8 Å². The maximum atomic E-state index is 12.7. The molecule has 0 N–H and O–H groups in total. The molecule has 0 radical (unpaired) electrons. The Morgan fingerprint density at radius 2 is 1.51 bits per heavy atom. The Kier molecular flexibility index (Phi) is 10.2. The van der Waals surface area contributed by atoms with E-state index in [1.807, 2.05) is 0 Å². The van der Waals surface area contributed by atoms with Crippen LogP contribution in [0.2, 0.25) is 0 Å². The van der Waals surface area contributed by atoms with Crippen molar-refractivity contribution in [2.45, 2.75) is 33.1 Å². The van der Waals surface area contributed by atoms with Crippen LogP contribution >= 0.6 is 7.82 Å². The van der Waals surface area contributed by atoms with Crippen molar-refractivity contribution in [1.29, 1.82) is 0 Å². The van der Waals surface area contributed by atoms with E-state index in [1.165, 1.54) is 36.4 Å². The summed E-state index contributed by atoms with van der Waals surface area (Å²) in [6.07, 6.45) is -4.36. The lowest BCUT2D eigenvalue weighted by Gasteiger charge is -2.22. The second-order valence-electron chi connectivity index (χ2n) is 6.79. The molecule has 2 aromatic carbocycles. The van der Waals surface area contributed by atoms with Crippen molar-refractivity contribution in [3.8, 4) is 17.2 Å². The zero-order valence-corrected chi connectivity index (χ0v) is 20.4. The van der Waals surface area contributed by atoms with Crippen LogP contribution in [0.15, 0.2) is 60.4 Å². The van der Waals surface area contributed by atoms with E-state index in [4.69, 9.17) is 27.8 Å². The molecule has 0 aliphatic rings. The minimum Gasteiger partial charge on any atom is -0.483 e. The number of hydrogen-bond donors (Lipinski definition) is 0. The SMILES string of the molecule is CCOC(=O)C=C(OP(=O)(OC)OCC)C(C)Oc1ccc(Oc2ccc(C(F)(F)F)cc2)cc1. The lowest BCUT2D eigenvalue weighted by Crippen LogP contribution is -2.19. The van der Waals surface area contributed by atoms with Crippen molar-refractivity contribution in [2.75, 3.05) is 20.3 Å². The van der Waals surface area contributed by atoms with Crippen molar-refractivity contribution in [1.82, 2.24) is 0 Å². The van der Waals surface area contributed by atoms with Crippen molar-refractivity contribution < 1.29 is 50.3 Å². The summed E-state index contributed by atoms with van der Waals surface area (Å²) in [5.41, 5.74) is -0.779. The Morgan fingerprint density at radius 1 is 0.971 bits per heavy atom. The molecule has 2 aromatic rings. The summed E-state index contributed by atoms with van der Waals surface area (Å²) < 4.78 is 82.1. The highest BCUT2D eigenvalue weighted by Crippen LogP contribution is 2.51. The monoisotopic (exact) mass is 518 g/mol. The normalized spacial score (nSPS) is 14.5. The van der Waals surface area contributed by atoms with Crippen LogP contribution in [0.25, 0.3) is 0 Å². The topological polar surface area (TPSA) is 89.5 Å². The van der Waals surface area contributed by atoms with Gasteiger partial charge in [0, 0.05) is 7.11 Å². The van der Waals surface area contributed by atoms with E-state index >= 15 is 0 Å². The summed E-state index contributed by atoms with van der Waals surface area (Å²) in [5, 5.41) is 0. The molecule has 0 aromatic heterocycles. The third-order valence-electron chi connectivity index (χ3n) is 4.23. The maximum Gasteiger partial charge on any atom is 0.529 e. The van der Waals surface area contributed by atoms with E-state index in [0.29, 0.717) is 11.5 Å². The number of phosphoric ester groups is 1.